The van der Waals surface area contributed by atoms with Gasteiger partial charge in [0.2, 0.25) is 18.0 Å². The average molecular weight is 767 g/mol. The number of rotatable bonds is 11. The molecule has 0 N–H and O–H groups in total. The molecule has 0 saturated carbocycles. The lowest BCUT2D eigenvalue weighted by molar-refractivity contribution is -0.606. The second-order valence-electron chi connectivity index (χ2n) is 12.1. The minimum atomic E-state index is -4.60. The Kier molecular flexibility index (Phi) is 13.9. The molecule has 2 saturated heterocycles. The number of ether oxygens (including phenoxy) is 3. The van der Waals surface area contributed by atoms with Gasteiger partial charge in [0, 0.05) is 57.3 Å². The maximum absolute atomic E-state index is 13.5. The van der Waals surface area contributed by atoms with E-state index >= 15 is 0 Å². The van der Waals surface area contributed by atoms with Crippen LogP contribution in [-0.4, -0.2) is 107 Å². The largest absolute Gasteiger partial charge is 0.619 e. The smallest absolute Gasteiger partial charge is 0.422 e. The van der Waals surface area contributed by atoms with Crippen LogP contribution >= 0.6 is 24.8 Å². The number of benzene rings is 2. The molecule has 6 rings (SSSR count). The molecule has 0 spiro atoms. The summed E-state index contributed by atoms with van der Waals surface area (Å²) in [6.07, 6.45) is -0.930. The van der Waals surface area contributed by atoms with Crippen molar-refractivity contribution in [2.75, 3.05) is 53.0 Å². The summed E-state index contributed by atoms with van der Waals surface area (Å²) in [5.41, 5.74) is 2.51. The number of piperazine rings is 2. The molecule has 0 aliphatic carbocycles. The van der Waals surface area contributed by atoms with E-state index in [2.05, 4.69) is 49.0 Å². The van der Waals surface area contributed by atoms with Crippen LogP contribution in [0.4, 0.5) is 13.2 Å². The molecule has 2 aliphatic rings. The van der Waals surface area contributed by atoms with Crippen LogP contribution in [0.5, 0.6) is 17.8 Å². The molecule has 2 atom stereocenters. The summed E-state index contributed by atoms with van der Waals surface area (Å²) in [5.74, 6) is -0.667. The lowest BCUT2D eigenvalue weighted by Gasteiger charge is -2.53. The van der Waals surface area contributed by atoms with Gasteiger partial charge in [-0.1, -0.05) is 60.7 Å². The Morgan fingerprint density at radius 2 is 1.62 bits per heavy atom. The first-order valence-electron chi connectivity index (χ1n) is 16.3. The predicted octanol–water partition coefficient (Wildman–Crippen LogP) is 4.54. The summed E-state index contributed by atoms with van der Waals surface area (Å²) in [6, 6.07) is 19.9. The number of methoxy groups -OCH3 is 1. The van der Waals surface area contributed by atoms with Gasteiger partial charge < -0.3 is 24.3 Å². The predicted molar refractivity (Wildman–Crippen MR) is 189 cm³/mol. The van der Waals surface area contributed by atoms with Gasteiger partial charge in [0.15, 0.2) is 18.5 Å². The molecule has 4 heterocycles. The first-order chi connectivity index (χ1) is 24.1. The third-order valence-corrected chi connectivity index (χ3v) is 8.89. The van der Waals surface area contributed by atoms with Crippen LogP contribution in [0.3, 0.4) is 0 Å². The minimum absolute atomic E-state index is 0. The van der Waals surface area contributed by atoms with E-state index in [0.29, 0.717) is 37.5 Å². The van der Waals surface area contributed by atoms with Crippen molar-refractivity contribution in [1.82, 2.24) is 29.7 Å². The number of halogens is 5. The molecule has 12 nitrogen and oxygen atoms in total. The highest BCUT2D eigenvalue weighted by Gasteiger charge is 2.44. The number of carbonyl (C=O) groups excluding carboxylic acids is 1. The summed E-state index contributed by atoms with van der Waals surface area (Å²) >= 11 is 0. The van der Waals surface area contributed by atoms with Crippen molar-refractivity contribution in [2.45, 2.75) is 37.6 Å². The van der Waals surface area contributed by atoms with Crippen LogP contribution < -0.4 is 18.9 Å². The zero-order valence-corrected chi connectivity index (χ0v) is 30.1. The fourth-order valence-electron chi connectivity index (χ4n) is 6.84. The Labute approximate surface area is 311 Å². The van der Waals surface area contributed by atoms with Crippen molar-refractivity contribution < 1.29 is 36.9 Å². The van der Waals surface area contributed by atoms with Gasteiger partial charge in [-0.25, -0.2) is 4.98 Å². The van der Waals surface area contributed by atoms with Gasteiger partial charge in [-0.3, -0.25) is 14.6 Å². The molecule has 280 valence electrons. The molecule has 0 unspecified atom stereocenters. The van der Waals surface area contributed by atoms with Crippen LogP contribution in [0.1, 0.15) is 40.0 Å². The molecule has 0 bridgehead atoms. The van der Waals surface area contributed by atoms with E-state index in [1.54, 1.807) is 11.8 Å². The van der Waals surface area contributed by atoms with Crippen molar-refractivity contribution in [3.63, 3.8) is 0 Å². The number of carbonyl (C=O) groups is 1. The maximum Gasteiger partial charge on any atom is 0.422 e. The number of hydrogen-bond donors (Lipinski definition) is 0. The van der Waals surface area contributed by atoms with E-state index in [9.17, 15) is 23.2 Å². The van der Waals surface area contributed by atoms with Gasteiger partial charge in [-0.15, -0.1) is 24.8 Å². The highest BCUT2D eigenvalue weighted by molar-refractivity contribution is 5.91. The van der Waals surface area contributed by atoms with E-state index in [4.69, 9.17) is 14.2 Å². The van der Waals surface area contributed by atoms with Crippen molar-refractivity contribution in [3.8, 4) is 17.8 Å². The topological polar surface area (TPSA) is 120 Å². The number of alkyl halides is 3. The van der Waals surface area contributed by atoms with E-state index < -0.39 is 12.8 Å². The molecule has 0 radical (unpaired) electrons. The molecule has 2 fully saturated rings. The monoisotopic (exact) mass is 765 g/mol. The number of nitrogens with zero attached hydrogens (tertiary/aromatic N) is 7. The van der Waals surface area contributed by atoms with Gasteiger partial charge in [-0.05, 0) is 18.1 Å². The fraction of sp³-hybridized carbons (Fsp3) is 0.400. The minimum Gasteiger partial charge on any atom is -0.619 e. The highest BCUT2D eigenvalue weighted by atomic mass is 35.5. The average Bonchev–Trinajstić information content (AvgIpc) is 3.11. The van der Waals surface area contributed by atoms with E-state index in [1.807, 2.05) is 36.4 Å². The van der Waals surface area contributed by atoms with Crippen molar-refractivity contribution in [3.05, 3.63) is 107 Å². The third kappa shape index (κ3) is 9.50. The van der Waals surface area contributed by atoms with E-state index in [1.165, 1.54) is 19.5 Å². The second kappa shape index (κ2) is 17.9. The molecule has 2 aliphatic heterocycles. The van der Waals surface area contributed by atoms with Crippen molar-refractivity contribution >= 4 is 30.7 Å². The molecule has 4 aromatic rings. The molecular weight excluding hydrogens is 726 g/mol. The van der Waals surface area contributed by atoms with Gasteiger partial charge >= 0.3 is 12.2 Å². The lowest BCUT2D eigenvalue weighted by atomic mass is 9.81. The van der Waals surface area contributed by atoms with E-state index in [-0.39, 0.29) is 90.9 Å². The lowest BCUT2D eigenvalue weighted by Crippen LogP contribution is -2.67. The van der Waals surface area contributed by atoms with Crippen molar-refractivity contribution in [2.24, 2.45) is 0 Å². The van der Waals surface area contributed by atoms with Crippen LogP contribution in [0.2, 0.25) is 0 Å². The Hall–Kier alpha value is -4.44. The van der Waals surface area contributed by atoms with Gasteiger partial charge in [0.1, 0.15) is 0 Å². The second-order valence-corrected chi connectivity index (χ2v) is 12.1. The Balaban J connectivity index is 0.00000302. The first kappa shape index (κ1) is 40.3. The zero-order valence-electron chi connectivity index (χ0n) is 28.5. The summed E-state index contributed by atoms with van der Waals surface area (Å²) in [5, 5.41) is 11.9. The summed E-state index contributed by atoms with van der Waals surface area (Å²) in [6.45, 7) is 2.74. The van der Waals surface area contributed by atoms with Gasteiger partial charge in [0.25, 0.3) is 5.91 Å². The quantitative estimate of drug-likeness (QED) is 0.159. The number of fused-ring (bicyclic) bond motifs is 1. The van der Waals surface area contributed by atoms with Gasteiger partial charge in [-0.2, -0.15) is 27.9 Å². The summed E-state index contributed by atoms with van der Waals surface area (Å²) < 4.78 is 56.8. The highest BCUT2D eigenvalue weighted by Crippen LogP contribution is 2.38. The zero-order chi connectivity index (χ0) is 35.3. The third-order valence-electron chi connectivity index (χ3n) is 8.89. The SMILES string of the molecule is CCOc1nc(OC)c(CN2C[C@H]3CN(C(=O)c4c[n+]([O-])ccn4)CCN3[C@H](C(c3ccccc3)c3ccccc3)C2)c(OCC(F)(F)F)n1.Cl.Cl. The van der Waals surface area contributed by atoms with Crippen LogP contribution in [0.25, 0.3) is 0 Å². The Bertz CT molecular complexity index is 1720. The standard InChI is InChI=1S/C35H38F3N7O5.2ClH/c1-3-49-34-40-31(48-2)27(32(41-34)50-23-35(36,37)38)20-42-18-26-19-43(33(46)28-21-44(47)15-14-39-28)16-17-45(26)29(22-42)30(24-10-6-4-7-11-24)25-12-8-5-9-13-25;;/h4-15,21,26,29-30H,3,16-20,22-23H2,1-2H3;2*1H/t26-,29-;;/m0../s1. The maximum atomic E-state index is 13.5. The molecule has 2 aromatic carbocycles. The van der Waals surface area contributed by atoms with E-state index in [0.717, 1.165) is 17.3 Å². The summed E-state index contributed by atoms with van der Waals surface area (Å²) in [7, 11) is 1.38. The number of amides is 1. The van der Waals surface area contributed by atoms with Crippen LogP contribution in [0.15, 0.2) is 79.3 Å². The molecule has 2 aromatic heterocycles. The Morgan fingerprint density at radius 3 is 2.21 bits per heavy atom. The molecule has 17 heteroatoms. The molecule has 52 heavy (non-hydrogen) atoms. The normalized spacial score (nSPS) is 17.8. The number of hydrogen-bond acceptors (Lipinski definition) is 10. The molecule has 1 amide bonds. The fourth-order valence-corrected chi connectivity index (χ4v) is 6.84. The van der Waals surface area contributed by atoms with Crippen LogP contribution in [-0.2, 0) is 6.54 Å². The van der Waals surface area contributed by atoms with Crippen LogP contribution in [0, 0.1) is 5.21 Å². The number of aromatic nitrogens is 4. The van der Waals surface area contributed by atoms with Crippen molar-refractivity contribution in [1.29, 1.82) is 0 Å². The van der Waals surface area contributed by atoms with Gasteiger partial charge in [0.05, 0.1) is 25.5 Å². The first-order valence-corrected chi connectivity index (χ1v) is 16.3. The molecular formula is C35H40Cl2F3N7O5. The summed E-state index contributed by atoms with van der Waals surface area (Å²) in [4.78, 5) is 32.4. The Morgan fingerprint density at radius 1 is 0.962 bits per heavy atom.